The van der Waals surface area contributed by atoms with E-state index in [1.807, 2.05) is 0 Å². The first kappa shape index (κ1) is 13.1. The molecule has 0 amide bonds. The molecule has 0 fully saturated rings. The number of rotatable bonds is 4. The number of benzene rings is 1. The smallest absolute Gasteiger partial charge is 0.173 e. The van der Waals surface area contributed by atoms with Crippen molar-refractivity contribution in [3.8, 4) is 5.75 Å². The molecule has 6 heteroatoms. The van der Waals surface area contributed by atoms with Crippen molar-refractivity contribution in [2.75, 3.05) is 12.5 Å². The molecule has 0 aliphatic rings. The highest BCUT2D eigenvalue weighted by Gasteiger charge is 2.10. The summed E-state index contributed by atoms with van der Waals surface area (Å²) in [4.78, 5) is 3.88. The Morgan fingerprint density at radius 2 is 2.25 bits per heavy atom. The van der Waals surface area contributed by atoms with Gasteiger partial charge >= 0.3 is 0 Å². The zero-order chi connectivity index (χ0) is 12.1. The summed E-state index contributed by atoms with van der Waals surface area (Å²) in [5, 5.41) is 0.156. The molecular formula is C10H11Cl2FN2O. The maximum absolute atomic E-state index is 13.5. The van der Waals surface area contributed by atoms with E-state index in [9.17, 15) is 4.39 Å². The summed E-state index contributed by atoms with van der Waals surface area (Å²) in [7, 11) is 0. The number of ether oxygens (including phenoxy) is 1. The van der Waals surface area contributed by atoms with Crippen LogP contribution in [0.25, 0.3) is 0 Å². The highest BCUT2D eigenvalue weighted by atomic mass is 35.5. The quantitative estimate of drug-likeness (QED) is 0.516. The number of hydrogen-bond donors (Lipinski definition) is 1. The summed E-state index contributed by atoms with van der Waals surface area (Å²) in [6, 6.07) is 2.66. The first-order valence-electron chi connectivity index (χ1n) is 4.59. The minimum Gasteiger partial charge on any atom is -0.489 e. The Hall–Kier alpha value is -1.00. The van der Waals surface area contributed by atoms with Gasteiger partial charge in [0, 0.05) is 6.07 Å². The normalized spacial score (nSPS) is 11.6. The van der Waals surface area contributed by atoms with Crippen LogP contribution in [0.3, 0.4) is 0 Å². The predicted octanol–water partition coefficient (Wildman–Crippen LogP) is 3.11. The summed E-state index contributed by atoms with van der Waals surface area (Å²) in [6.07, 6.45) is 0. The number of amidine groups is 1. The van der Waals surface area contributed by atoms with Gasteiger partial charge in [-0.3, -0.25) is 0 Å². The fourth-order valence-electron chi connectivity index (χ4n) is 1.09. The van der Waals surface area contributed by atoms with Crippen molar-refractivity contribution in [2.24, 2.45) is 10.7 Å². The first-order chi connectivity index (χ1) is 7.58. The number of nitrogens with two attached hydrogens (primary N) is 1. The van der Waals surface area contributed by atoms with Crippen molar-refractivity contribution in [1.29, 1.82) is 0 Å². The molecule has 0 unspecified atom stereocenters. The molecule has 0 radical (unpaired) electrons. The van der Waals surface area contributed by atoms with Crippen molar-refractivity contribution in [1.82, 2.24) is 0 Å². The molecule has 0 aliphatic heterocycles. The average Bonchev–Trinajstić information content (AvgIpc) is 2.23. The molecule has 0 heterocycles. The first-order valence-corrected chi connectivity index (χ1v) is 5.50. The fraction of sp³-hybridized carbons (Fsp3) is 0.300. The topological polar surface area (TPSA) is 47.6 Å². The van der Waals surface area contributed by atoms with Crippen LogP contribution in [0.1, 0.15) is 6.92 Å². The SMILES string of the molecule is CCOc1c(F)cc(N=C(N)CCl)cc1Cl. The molecule has 0 aliphatic carbocycles. The van der Waals surface area contributed by atoms with Crippen LogP contribution in [0.5, 0.6) is 5.75 Å². The summed E-state index contributed by atoms with van der Waals surface area (Å²) < 4.78 is 18.5. The summed E-state index contributed by atoms with van der Waals surface area (Å²) in [5.74, 6) is -0.281. The lowest BCUT2D eigenvalue weighted by Crippen LogP contribution is -2.12. The Balaban J connectivity index is 3.09. The summed E-state index contributed by atoms with van der Waals surface area (Å²) in [5.41, 5.74) is 5.73. The van der Waals surface area contributed by atoms with Gasteiger partial charge in [0.1, 0.15) is 5.84 Å². The van der Waals surface area contributed by atoms with Crippen LogP contribution in [0, 0.1) is 5.82 Å². The maximum Gasteiger partial charge on any atom is 0.173 e. The van der Waals surface area contributed by atoms with Gasteiger partial charge in [0.15, 0.2) is 11.6 Å². The molecule has 0 saturated carbocycles. The number of aliphatic imine (C=N–C) groups is 1. The van der Waals surface area contributed by atoms with Gasteiger partial charge in [0.2, 0.25) is 0 Å². The van der Waals surface area contributed by atoms with Crippen molar-refractivity contribution in [3.05, 3.63) is 23.0 Å². The van der Waals surface area contributed by atoms with E-state index in [-0.39, 0.29) is 22.5 Å². The molecule has 2 N–H and O–H groups in total. The van der Waals surface area contributed by atoms with Crippen LogP contribution in [0.2, 0.25) is 5.02 Å². The Morgan fingerprint density at radius 3 is 2.75 bits per heavy atom. The highest BCUT2D eigenvalue weighted by Crippen LogP contribution is 2.32. The third-order valence-corrected chi connectivity index (χ3v) is 2.24. The van der Waals surface area contributed by atoms with Gasteiger partial charge < -0.3 is 10.5 Å². The van der Waals surface area contributed by atoms with Crippen molar-refractivity contribution >= 4 is 34.7 Å². The molecule has 1 aromatic rings. The van der Waals surface area contributed by atoms with Gasteiger partial charge in [-0.2, -0.15) is 0 Å². The van der Waals surface area contributed by atoms with Crippen LogP contribution in [-0.2, 0) is 0 Å². The molecule has 0 bridgehead atoms. The van der Waals surface area contributed by atoms with Crippen LogP contribution in [-0.4, -0.2) is 18.3 Å². The molecule has 88 valence electrons. The monoisotopic (exact) mass is 264 g/mol. The van der Waals surface area contributed by atoms with E-state index in [1.165, 1.54) is 12.1 Å². The fourth-order valence-corrected chi connectivity index (χ4v) is 1.41. The molecule has 16 heavy (non-hydrogen) atoms. The van der Waals surface area contributed by atoms with Crippen molar-refractivity contribution in [3.63, 3.8) is 0 Å². The zero-order valence-electron chi connectivity index (χ0n) is 8.64. The van der Waals surface area contributed by atoms with E-state index >= 15 is 0 Å². The molecule has 0 aromatic heterocycles. The van der Waals surface area contributed by atoms with Crippen LogP contribution in [0.15, 0.2) is 17.1 Å². The van der Waals surface area contributed by atoms with Crippen LogP contribution in [0.4, 0.5) is 10.1 Å². The number of hydrogen-bond acceptors (Lipinski definition) is 2. The number of nitrogens with zero attached hydrogens (tertiary/aromatic N) is 1. The maximum atomic E-state index is 13.5. The summed E-state index contributed by atoms with van der Waals surface area (Å²) in [6.45, 7) is 2.08. The van der Waals surface area contributed by atoms with E-state index in [2.05, 4.69) is 4.99 Å². The van der Waals surface area contributed by atoms with Crippen molar-refractivity contribution < 1.29 is 9.13 Å². The van der Waals surface area contributed by atoms with Crippen molar-refractivity contribution in [2.45, 2.75) is 6.92 Å². The van der Waals surface area contributed by atoms with Gasteiger partial charge in [-0.25, -0.2) is 9.38 Å². The van der Waals surface area contributed by atoms with Gasteiger partial charge in [-0.05, 0) is 13.0 Å². The molecule has 0 spiro atoms. The lowest BCUT2D eigenvalue weighted by molar-refractivity contribution is 0.322. The molecule has 0 saturated heterocycles. The Bertz CT molecular complexity index is 387. The molecule has 0 atom stereocenters. The highest BCUT2D eigenvalue weighted by molar-refractivity contribution is 6.32. The second kappa shape index (κ2) is 5.92. The number of alkyl halides is 1. The standard InChI is InChI=1S/C10H11Cl2FN2O/c1-2-16-10-7(12)3-6(4-8(10)13)15-9(14)5-11/h3-4H,2,5H2,1H3,(H2,14,15). The Labute approximate surface area is 103 Å². The van der Waals surface area contributed by atoms with Crippen LogP contribution >= 0.6 is 23.2 Å². The average molecular weight is 265 g/mol. The Morgan fingerprint density at radius 1 is 1.56 bits per heavy atom. The van der Waals surface area contributed by atoms with E-state index in [0.29, 0.717) is 12.3 Å². The molecule has 3 nitrogen and oxygen atoms in total. The minimum atomic E-state index is -0.574. The largest absolute Gasteiger partial charge is 0.489 e. The van der Waals surface area contributed by atoms with E-state index in [0.717, 1.165) is 0 Å². The van der Waals surface area contributed by atoms with E-state index in [1.54, 1.807) is 6.92 Å². The summed E-state index contributed by atoms with van der Waals surface area (Å²) >= 11 is 11.3. The second-order valence-electron chi connectivity index (χ2n) is 2.91. The third kappa shape index (κ3) is 3.25. The van der Waals surface area contributed by atoms with E-state index in [4.69, 9.17) is 33.7 Å². The Kier molecular flexibility index (Phi) is 4.83. The van der Waals surface area contributed by atoms with Gasteiger partial charge in [-0.15, -0.1) is 11.6 Å². The van der Waals surface area contributed by atoms with Gasteiger partial charge in [0.25, 0.3) is 0 Å². The molecular weight excluding hydrogens is 254 g/mol. The lowest BCUT2D eigenvalue weighted by Gasteiger charge is -2.07. The van der Waals surface area contributed by atoms with E-state index < -0.39 is 5.82 Å². The molecule has 1 aromatic carbocycles. The zero-order valence-corrected chi connectivity index (χ0v) is 10.1. The number of halogens is 3. The predicted molar refractivity (Wildman–Crippen MR) is 64.6 cm³/mol. The van der Waals surface area contributed by atoms with Crippen LogP contribution < -0.4 is 10.5 Å². The third-order valence-electron chi connectivity index (χ3n) is 1.68. The molecule has 1 rings (SSSR count). The lowest BCUT2D eigenvalue weighted by atomic mass is 10.3. The minimum absolute atomic E-state index is 0.0209. The van der Waals surface area contributed by atoms with Gasteiger partial charge in [-0.1, -0.05) is 11.6 Å². The second-order valence-corrected chi connectivity index (χ2v) is 3.58. The van der Waals surface area contributed by atoms with Gasteiger partial charge in [0.05, 0.1) is 23.2 Å².